The lowest BCUT2D eigenvalue weighted by atomic mass is 10.2. The van der Waals surface area contributed by atoms with Gasteiger partial charge in [-0.3, -0.25) is 4.79 Å². The van der Waals surface area contributed by atoms with E-state index in [0.717, 1.165) is 16.2 Å². The van der Waals surface area contributed by atoms with Gasteiger partial charge < -0.3 is 9.67 Å². The molecule has 122 valence electrons. The van der Waals surface area contributed by atoms with Gasteiger partial charge in [0, 0.05) is 12.6 Å². The highest BCUT2D eigenvalue weighted by atomic mass is 32.2. The first-order valence-electron chi connectivity index (χ1n) is 7.29. The molecule has 2 N–H and O–H groups in total. The monoisotopic (exact) mass is 340 g/mol. The summed E-state index contributed by atoms with van der Waals surface area (Å²) in [4.78, 5) is 16.4. The van der Waals surface area contributed by atoms with Gasteiger partial charge in [-0.1, -0.05) is 36.0 Å². The largest absolute Gasteiger partial charge is 0.507 e. The number of carbonyl (C=O) groups excluding carboxylic acids is 1. The van der Waals surface area contributed by atoms with E-state index in [2.05, 4.69) is 15.5 Å². The van der Waals surface area contributed by atoms with E-state index in [1.165, 1.54) is 18.0 Å². The number of phenols is 1. The van der Waals surface area contributed by atoms with E-state index < -0.39 is 0 Å². The quantitative estimate of drug-likeness (QED) is 0.425. The van der Waals surface area contributed by atoms with E-state index in [-0.39, 0.29) is 17.4 Å². The minimum atomic E-state index is -0.237. The molecule has 3 aromatic rings. The third kappa shape index (κ3) is 3.57. The van der Waals surface area contributed by atoms with Gasteiger partial charge in [0.05, 0.1) is 23.0 Å². The van der Waals surface area contributed by atoms with Crippen LogP contribution in [0.5, 0.6) is 5.75 Å². The van der Waals surface area contributed by atoms with Crippen LogP contribution in [0, 0.1) is 0 Å². The van der Waals surface area contributed by atoms with Gasteiger partial charge >= 0.3 is 0 Å². The number of rotatable bonds is 5. The van der Waals surface area contributed by atoms with Gasteiger partial charge in [-0.05, 0) is 24.3 Å². The molecule has 0 bridgehead atoms. The number of aryl methyl sites for hydroxylation is 1. The number of amides is 1. The number of fused-ring (bicyclic) bond motifs is 1. The number of phenolic OH excluding ortho intramolecular Hbond substituents is 1. The maximum absolute atomic E-state index is 11.9. The summed E-state index contributed by atoms with van der Waals surface area (Å²) >= 11 is 1.35. The van der Waals surface area contributed by atoms with Gasteiger partial charge in [0.25, 0.3) is 5.91 Å². The first-order chi connectivity index (χ1) is 11.6. The number of hydrogen-bond acceptors (Lipinski definition) is 5. The van der Waals surface area contributed by atoms with Crippen molar-refractivity contribution in [3.63, 3.8) is 0 Å². The van der Waals surface area contributed by atoms with Gasteiger partial charge in [-0.2, -0.15) is 5.10 Å². The van der Waals surface area contributed by atoms with Crippen molar-refractivity contribution in [2.75, 3.05) is 5.75 Å². The van der Waals surface area contributed by atoms with E-state index in [1.54, 1.807) is 24.3 Å². The molecule has 0 saturated carbocycles. The fourth-order valence-electron chi connectivity index (χ4n) is 2.19. The Morgan fingerprint density at radius 2 is 2.04 bits per heavy atom. The molecular formula is C17H16N4O2S. The first kappa shape index (κ1) is 16.1. The summed E-state index contributed by atoms with van der Waals surface area (Å²) in [7, 11) is 1.92. The van der Waals surface area contributed by atoms with Crippen LogP contribution in [0.2, 0.25) is 0 Å². The van der Waals surface area contributed by atoms with Crippen LogP contribution in [-0.2, 0) is 11.8 Å². The summed E-state index contributed by atoms with van der Waals surface area (Å²) in [6, 6.07) is 14.6. The Morgan fingerprint density at radius 1 is 1.29 bits per heavy atom. The topological polar surface area (TPSA) is 79.5 Å². The number of aromatic nitrogens is 2. The number of carbonyl (C=O) groups is 1. The smallest absolute Gasteiger partial charge is 0.250 e. The average Bonchev–Trinajstić information content (AvgIpc) is 2.91. The average molecular weight is 340 g/mol. The van der Waals surface area contributed by atoms with Gasteiger partial charge in [0.1, 0.15) is 5.75 Å². The number of hydrogen-bond donors (Lipinski definition) is 2. The van der Waals surface area contributed by atoms with Crippen LogP contribution < -0.4 is 5.43 Å². The number of thioether (sulfide) groups is 1. The van der Waals surface area contributed by atoms with E-state index in [9.17, 15) is 9.90 Å². The van der Waals surface area contributed by atoms with Crippen LogP contribution in [0.1, 0.15) is 5.56 Å². The standard InChI is InChI=1S/C17H16N4O2S/c1-21-14-8-4-3-7-13(14)19-17(21)24-11-16(23)20-18-10-12-6-2-5-9-15(12)22/h2-10,22H,11H2,1H3,(H,20,23)/b18-10+. The number of hydrazone groups is 1. The van der Waals surface area contributed by atoms with Gasteiger partial charge in [0.15, 0.2) is 5.16 Å². The van der Waals surface area contributed by atoms with Crippen LogP contribution in [0.25, 0.3) is 11.0 Å². The number of aromatic hydroxyl groups is 1. The molecule has 0 aliphatic heterocycles. The molecular weight excluding hydrogens is 324 g/mol. The Labute approximate surface area is 143 Å². The molecule has 0 saturated heterocycles. The second-order valence-electron chi connectivity index (χ2n) is 5.08. The van der Waals surface area contributed by atoms with Gasteiger partial charge in [-0.25, -0.2) is 10.4 Å². The Kier molecular flexibility index (Phi) is 4.81. The van der Waals surface area contributed by atoms with Crippen molar-refractivity contribution >= 4 is 34.9 Å². The zero-order valence-electron chi connectivity index (χ0n) is 13.0. The molecule has 1 heterocycles. The zero-order chi connectivity index (χ0) is 16.9. The van der Waals surface area contributed by atoms with Crippen molar-refractivity contribution < 1.29 is 9.90 Å². The summed E-state index contributed by atoms with van der Waals surface area (Å²) in [6.07, 6.45) is 1.41. The Hall–Kier alpha value is -2.80. The summed E-state index contributed by atoms with van der Waals surface area (Å²) in [5, 5.41) is 14.2. The normalized spacial score (nSPS) is 11.2. The van der Waals surface area contributed by atoms with Crippen LogP contribution in [0.4, 0.5) is 0 Å². The molecule has 1 aromatic heterocycles. The Balaban J connectivity index is 1.57. The highest BCUT2D eigenvalue weighted by Gasteiger charge is 2.09. The molecule has 24 heavy (non-hydrogen) atoms. The van der Waals surface area contributed by atoms with Crippen molar-refractivity contribution in [3.8, 4) is 5.75 Å². The maximum Gasteiger partial charge on any atom is 0.250 e. The van der Waals surface area contributed by atoms with Crippen molar-refractivity contribution in [2.45, 2.75) is 5.16 Å². The van der Waals surface area contributed by atoms with Crippen LogP contribution >= 0.6 is 11.8 Å². The summed E-state index contributed by atoms with van der Waals surface area (Å²) in [5.74, 6) is 0.0817. The lowest BCUT2D eigenvalue weighted by molar-refractivity contribution is -0.118. The van der Waals surface area contributed by atoms with Crippen LogP contribution in [-0.4, -0.2) is 32.5 Å². The molecule has 0 unspecified atom stereocenters. The van der Waals surface area contributed by atoms with Crippen molar-refractivity contribution in [2.24, 2.45) is 12.1 Å². The number of nitrogens with one attached hydrogen (secondary N) is 1. The summed E-state index contributed by atoms with van der Waals surface area (Å²) in [5.41, 5.74) is 4.91. The molecule has 1 amide bonds. The summed E-state index contributed by atoms with van der Waals surface area (Å²) in [6.45, 7) is 0. The zero-order valence-corrected chi connectivity index (χ0v) is 13.8. The minimum Gasteiger partial charge on any atom is -0.507 e. The Morgan fingerprint density at radius 3 is 2.83 bits per heavy atom. The SMILES string of the molecule is Cn1c(SCC(=O)N/N=C/c2ccccc2O)nc2ccccc21. The minimum absolute atomic E-state index is 0.115. The predicted octanol–water partition coefficient (Wildman–Crippen LogP) is 2.52. The van der Waals surface area contributed by atoms with E-state index in [0.29, 0.717) is 5.56 Å². The highest BCUT2D eigenvalue weighted by molar-refractivity contribution is 7.99. The number of nitrogens with zero attached hydrogens (tertiary/aromatic N) is 3. The lowest BCUT2D eigenvalue weighted by Crippen LogP contribution is -2.19. The van der Waals surface area contributed by atoms with E-state index in [4.69, 9.17) is 0 Å². The van der Waals surface area contributed by atoms with Crippen molar-refractivity contribution in [3.05, 3.63) is 54.1 Å². The molecule has 0 aliphatic rings. The number of imidazole rings is 1. The molecule has 0 fully saturated rings. The molecule has 0 spiro atoms. The third-order valence-corrected chi connectivity index (χ3v) is 4.44. The van der Waals surface area contributed by atoms with Gasteiger partial charge in [0.2, 0.25) is 0 Å². The fourth-order valence-corrected chi connectivity index (χ4v) is 2.97. The second kappa shape index (κ2) is 7.18. The van der Waals surface area contributed by atoms with Gasteiger partial charge in [-0.15, -0.1) is 0 Å². The summed E-state index contributed by atoms with van der Waals surface area (Å²) < 4.78 is 1.96. The third-order valence-electron chi connectivity index (χ3n) is 3.41. The van der Waals surface area contributed by atoms with Crippen molar-refractivity contribution in [1.29, 1.82) is 0 Å². The molecule has 3 rings (SSSR count). The fraction of sp³-hybridized carbons (Fsp3) is 0.118. The second-order valence-corrected chi connectivity index (χ2v) is 6.03. The Bertz CT molecular complexity index is 904. The molecule has 0 aliphatic carbocycles. The molecule has 2 aromatic carbocycles. The highest BCUT2D eigenvalue weighted by Crippen LogP contribution is 2.22. The predicted molar refractivity (Wildman–Crippen MR) is 95.3 cm³/mol. The molecule has 7 heteroatoms. The first-order valence-corrected chi connectivity index (χ1v) is 8.28. The van der Waals surface area contributed by atoms with E-state index >= 15 is 0 Å². The van der Waals surface area contributed by atoms with Crippen molar-refractivity contribution in [1.82, 2.24) is 15.0 Å². The van der Waals surface area contributed by atoms with E-state index in [1.807, 2.05) is 35.9 Å². The van der Waals surface area contributed by atoms with Crippen LogP contribution in [0.3, 0.4) is 0 Å². The number of para-hydroxylation sites is 3. The molecule has 6 nitrogen and oxygen atoms in total. The molecule has 0 atom stereocenters. The number of benzene rings is 2. The maximum atomic E-state index is 11.9. The molecule has 0 radical (unpaired) electrons. The lowest BCUT2D eigenvalue weighted by Gasteiger charge is -2.02. The van der Waals surface area contributed by atoms with Crippen LogP contribution in [0.15, 0.2) is 58.8 Å².